The summed E-state index contributed by atoms with van der Waals surface area (Å²) in [5.74, 6) is 0. The molecule has 148 heavy (non-hydrogen) atoms. The van der Waals surface area contributed by atoms with Crippen molar-refractivity contribution in [3.8, 4) is 83.8 Å². The molecule has 0 saturated heterocycles. The van der Waals surface area contributed by atoms with Gasteiger partial charge in [-0.1, -0.05) is 359 Å². The summed E-state index contributed by atoms with van der Waals surface area (Å²) >= 11 is 0. The zero-order valence-corrected chi connectivity index (χ0v) is 84.1. The van der Waals surface area contributed by atoms with Gasteiger partial charge in [0.2, 0.25) is 0 Å². The smallest absolute Gasteiger partial charge is 0.0542 e. The van der Waals surface area contributed by atoms with Gasteiger partial charge >= 0.3 is 0 Å². The second kappa shape index (κ2) is 34.8. The molecule has 0 radical (unpaired) electrons. The van der Waals surface area contributed by atoms with Crippen molar-refractivity contribution in [2.24, 2.45) is 0 Å². The van der Waals surface area contributed by atoms with Crippen LogP contribution in [0.1, 0.15) is 99.9 Å². The lowest BCUT2D eigenvalue weighted by Gasteiger charge is -2.30. The van der Waals surface area contributed by atoms with Gasteiger partial charge in [0.15, 0.2) is 0 Å². The van der Waals surface area contributed by atoms with E-state index in [9.17, 15) is 0 Å². The first-order valence-electron chi connectivity index (χ1n) is 51.7. The third kappa shape index (κ3) is 14.3. The van der Waals surface area contributed by atoms with Crippen LogP contribution in [0.15, 0.2) is 504 Å². The first kappa shape index (κ1) is 88.7. The molecule has 0 amide bonds. The molecular formula is C141H107N7. The lowest BCUT2D eigenvalue weighted by Crippen LogP contribution is -2.18. The fourth-order valence-electron chi connectivity index (χ4n) is 25.2. The van der Waals surface area contributed by atoms with Crippen molar-refractivity contribution in [2.45, 2.75) is 77.0 Å². The normalized spacial score (nSPS) is 13.6. The van der Waals surface area contributed by atoms with Gasteiger partial charge in [-0.25, -0.2) is 0 Å². The van der Waals surface area contributed by atoms with Crippen molar-refractivity contribution in [3.63, 3.8) is 0 Å². The van der Waals surface area contributed by atoms with Crippen molar-refractivity contribution in [2.75, 3.05) is 14.7 Å². The first-order valence-corrected chi connectivity index (χ1v) is 51.7. The lowest BCUT2D eigenvalue weighted by molar-refractivity contribution is 0.660. The van der Waals surface area contributed by atoms with E-state index in [1.807, 2.05) is 18.5 Å². The fraction of sp³-hybridized carbons (Fsp3) is 0.0851. The zero-order chi connectivity index (χ0) is 99.4. The number of rotatable bonds is 14. The lowest BCUT2D eigenvalue weighted by atomic mass is 9.82. The molecule has 21 aromatic carbocycles. The van der Waals surface area contributed by atoms with E-state index >= 15 is 0 Å². The highest BCUT2D eigenvalue weighted by Gasteiger charge is 2.41. The van der Waals surface area contributed by atoms with Crippen LogP contribution in [-0.2, 0) is 21.7 Å². The van der Waals surface area contributed by atoms with Crippen LogP contribution in [-0.4, -0.2) is 18.7 Å². The maximum absolute atomic E-state index is 4.34. The van der Waals surface area contributed by atoms with Gasteiger partial charge in [-0.15, -0.1) is 0 Å². The van der Waals surface area contributed by atoms with Gasteiger partial charge in [0.1, 0.15) is 0 Å². The summed E-state index contributed by atoms with van der Waals surface area (Å²) in [7, 11) is 0. The molecule has 4 aliphatic rings. The summed E-state index contributed by atoms with van der Waals surface area (Å²) in [5, 5.41) is 9.94. The zero-order valence-electron chi connectivity index (χ0n) is 84.1. The molecule has 7 nitrogen and oxygen atoms in total. The Morgan fingerprint density at radius 2 is 0.446 bits per heavy atom. The molecule has 4 aliphatic carbocycles. The van der Waals surface area contributed by atoms with E-state index in [4.69, 9.17) is 0 Å². The molecule has 0 spiro atoms. The molecule has 25 aromatic rings. The first-order chi connectivity index (χ1) is 72.5. The van der Waals surface area contributed by atoms with Crippen LogP contribution < -0.4 is 14.7 Å². The van der Waals surface area contributed by atoms with Gasteiger partial charge in [-0.05, 0) is 305 Å². The van der Waals surface area contributed by atoms with Crippen LogP contribution in [0.3, 0.4) is 0 Å². The molecule has 0 saturated carbocycles. The highest BCUT2D eigenvalue weighted by atomic mass is 15.2. The molecular weight excluding hydrogens is 1790 g/mol. The third-order valence-corrected chi connectivity index (χ3v) is 32.4. The van der Waals surface area contributed by atoms with Gasteiger partial charge in [0.25, 0.3) is 0 Å². The van der Waals surface area contributed by atoms with Crippen LogP contribution in [0.5, 0.6) is 0 Å². The summed E-state index contributed by atoms with van der Waals surface area (Å²) in [6.07, 6.45) is 3.74. The van der Waals surface area contributed by atoms with Crippen LogP contribution in [0.25, 0.3) is 160 Å². The quantitative estimate of drug-likeness (QED) is 0.109. The summed E-state index contributed by atoms with van der Waals surface area (Å²) in [6, 6.07) is 180. The van der Waals surface area contributed by atoms with Crippen molar-refractivity contribution in [1.82, 2.24) is 18.7 Å². The predicted octanol–water partition coefficient (Wildman–Crippen LogP) is 37.9. The number of hydrogen-bond acceptors (Lipinski definition) is 4. The fourth-order valence-corrected chi connectivity index (χ4v) is 25.2. The number of anilines is 9. The third-order valence-electron chi connectivity index (χ3n) is 32.4. The Balaban J connectivity index is 0.000000110. The van der Waals surface area contributed by atoms with E-state index < -0.39 is 0 Å². The summed E-state index contributed by atoms with van der Waals surface area (Å²) in [5.41, 5.74) is 47.1. The number of aromatic nitrogens is 4. The van der Waals surface area contributed by atoms with Gasteiger partial charge in [-0.2, -0.15) is 0 Å². The molecule has 0 bridgehead atoms. The molecule has 0 atom stereocenters. The molecule has 29 rings (SSSR count). The van der Waals surface area contributed by atoms with Gasteiger partial charge in [-0.3, -0.25) is 4.98 Å². The molecule has 7 heteroatoms. The Morgan fingerprint density at radius 3 is 0.838 bits per heavy atom. The van der Waals surface area contributed by atoms with Crippen LogP contribution >= 0.6 is 0 Å². The summed E-state index contributed by atoms with van der Waals surface area (Å²) < 4.78 is 7.14. The van der Waals surface area contributed by atoms with Crippen LogP contribution in [0.4, 0.5) is 51.2 Å². The largest absolute Gasteiger partial charge is 0.310 e. The molecule has 706 valence electrons. The van der Waals surface area contributed by atoms with E-state index in [-0.39, 0.29) is 21.7 Å². The minimum Gasteiger partial charge on any atom is -0.310 e. The Hall–Kier alpha value is -18.2. The van der Waals surface area contributed by atoms with E-state index in [0.717, 1.165) is 56.6 Å². The summed E-state index contributed by atoms with van der Waals surface area (Å²) in [6.45, 7) is 18.9. The van der Waals surface area contributed by atoms with Crippen molar-refractivity contribution in [1.29, 1.82) is 0 Å². The topological polar surface area (TPSA) is 37.4 Å². The Bertz CT molecular complexity index is 9490. The highest BCUT2D eigenvalue weighted by Crippen LogP contribution is 2.58. The number of hydrogen-bond donors (Lipinski definition) is 0. The number of nitrogens with zero attached hydrogens (tertiary/aromatic N) is 7. The van der Waals surface area contributed by atoms with Crippen molar-refractivity contribution in [3.05, 3.63) is 548 Å². The van der Waals surface area contributed by atoms with Crippen molar-refractivity contribution < 1.29 is 0 Å². The van der Waals surface area contributed by atoms with Crippen molar-refractivity contribution >= 4 is 127 Å². The Morgan fingerprint density at radius 1 is 0.169 bits per heavy atom. The molecule has 0 unspecified atom stereocenters. The van der Waals surface area contributed by atoms with Crippen LogP contribution in [0, 0.1) is 0 Å². The Labute approximate surface area is 863 Å². The molecule has 0 aliphatic heterocycles. The number of pyridine rings is 1. The maximum atomic E-state index is 4.34. The van der Waals surface area contributed by atoms with E-state index in [1.165, 1.54) is 199 Å². The minimum atomic E-state index is -0.0950. The number of benzene rings is 21. The molecule has 4 aromatic heterocycles. The molecule has 4 heterocycles. The van der Waals surface area contributed by atoms with Gasteiger partial charge in [0, 0.05) is 134 Å². The second-order valence-corrected chi connectivity index (χ2v) is 42.1. The average molecular weight is 1900 g/mol. The van der Waals surface area contributed by atoms with Crippen LogP contribution in [0.2, 0.25) is 0 Å². The monoisotopic (exact) mass is 1900 g/mol. The predicted molar refractivity (Wildman–Crippen MR) is 623 cm³/mol. The average Bonchev–Trinajstić information content (AvgIpc) is 1.59. The van der Waals surface area contributed by atoms with E-state index in [2.05, 4.69) is 574 Å². The van der Waals surface area contributed by atoms with E-state index in [1.54, 1.807) is 0 Å². The number of fused-ring (bicyclic) bond motifs is 22. The second-order valence-electron chi connectivity index (χ2n) is 42.1. The van der Waals surface area contributed by atoms with E-state index in [0.29, 0.717) is 0 Å². The van der Waals surface area contributed by atoms with Gasteiger partial charge in [0.05, 0.1) is 38.8 Å². The Kier molecular flexibility index (Phi) is 20.9. The summed E-state index contributed by atoms with van der Waals surface area (Å²) in [4.78, 5) is 11.7. The standard InChI is InChI=1S/C49H36N2.C48H38N2.C44H33N3/c1-49(2)44-23-13-11-20-39(44)40-27-26-36(32-45(40)49)50(34-15-5-3-6-16-34)47-30-28-37(38-19-9-10-21-41(38)47)33-25-29-48-43(31-33)42-22-12-14-24-46(42)51(48)35-17-7-4-8-18-35;1-47(2)41-19-11-8-16-35(41)37-25-22-33(29-43(37)47)49(34-23-26-38-36-17-9-12-20-42(36)48(3,4)44(38)30-34)32-24-27-46-40(28-32)39-18-10-13-21-45(39)50(46)31-14-6-5-7-15-31;1-44(2)40-16-8-6-14-36(40)37-24-22-35(28-41(37)44)46(33-20-18-30(19-21-33)31-11-10-26-45-29-31)34-23-25-43-39(27-34)38-15-7-9-17-42(38)47(43)32-12-4-3-5-13-32/h3-32H,1-2H3;5-30H,1-4H3;3-29H,1-2H3. The molecule has 0 fully saturated rings. The van der Waals surface area contributed by atoms with Gasteiger partial charge < -0.3 is 28.4 Å². The minimum absolute atomic E-state index is 0.0848. The maximum Gasteiger partial charge on any atom is 0.0542 e. The molecule has 0 N–H and O–H groups in total. The highest BCUT2D eigenvalue weighted by molar-refractivity contribution is 6.15. The SMILES string of the molecule is CC1(C)c2ccccc2-c2ccc(N(c3ccc(-c4cccnc4)cc3)c3ccc4c(c3)c3ccccc3n4-c3ccccc3)cc21.CC1(C)c2ccccc2-c2ccc(N(c3ccc4c(c3)C(C)(C)c3ccccc3-4)c3ccc4c(c3)c3ccccc3n4-c3ccccc3)cc21.CC1(C)c2ccccc2-c2ccc(N(c3ccccc3)c3ccc(-c4ccc5c(c4)c4ccccc4n5-c4ccccc4)c4ccccc34)cc21. The number of para-hydroxylation sites is 7.